The van der Waals surface area contributed by atoms with Crippen LogP contribution >= 0.6 is 24.8 Å². The summed E-state index contributed by atoms with van der Waals surface area (Å²) in [7, 11) is 2.26. The number of rotatable bonds is 3. The summed E-state index contributed by atoms with van der Waals surface area (Å²) in [5.74, 6) is 2.71. The Morgan fingerprint density at radius 1 is 1.00 bits per heavy atom. The van der Waals surface area contributed by atoms with E-state index in [0.717, 1.165) is 31.3 Å². The van der Waals surface area contributed by atoms with Crippen molar-refractivity contribution >= 4 is 30.8 Å². The predicted molar refractivity (Wildman–Crippen MR) is 112 cm³/mol. The SMILES string of the molecule is CC(C)c1ccnc(N2C[C@@H]3CN(C)[C@@H](c4ccccc4)[C@@H]3C2)n1.Cl.Cl. The van der Waals surface area contributed by atoms with Gasteiger partial charge in [0.15, 0.2) is 0 Å². The topological polar surface area (TPSA) is 32.3 Å². The molecule has 0 spiro atoms. The van der Waals surface area contributed by atoms with Crippen molar-refractivity contribution in [1.82, 2.24) is 14.9 Å². The molecule has 0 N–H and O–H groups in total. The Morgan fingerprint density at radius 3 is 2.42 bits per heavy atom. The van der Waals surface area contributed by atoms with Gasteiger partial charge in [0, 0.05) is 43.5 Å². The largest absolute Gasteiger partial charge is 0.340 e. The minimum atomic E-state index is 0. The first-order valence-corrected chi connectivity index (χ1v) is 8.96. The Balaban J connectivity index is 0.00000121. The van der Waals surface area contributed by atoms with Gasteiger partial charge in [0.25, 0.3) is 0 Å². The Hall–Kier alpha value is -1.36. The molecule has 1 aromatic carbocycles. The summed E-state index contributed by atoms with van der Waals surface area (Å²) in [5.41, 5.74) is 2.57. The zero-order valence-electron chi connectivity index (χ0n) is 15.6. The quantitative estimate of drug-likeness (QED) is 0.781. The Morgan fingerprint density at radius 2 is 1.73 bits per heavy atom. The van der Waals surface area contributed by atoms with Gasteiger partial charge >= 0.3 is 0 Å². The Bertz CT molecular complexity index is 710. The molecule has 2 aliphatic rings. The first kappa shape index (κ1) is 20.9. The normalized spacial score (nSPS) is 24.9. The van der Waals surface area contributed by atoms with Crippen LogP contribution in [0.1, 0.15) is 37.1 Å². The van der Waals surface area contributed by atoms with E-state index in [2.05, 4.69) is 66.0 Å². The maximum absolute atomic E-state index is 4.80. The van der Waals surface area contributed by atoms with Gasteiger partial charge in [-0.2, -0.15) is 0 Å². The molecule has 0 radical (unpaired) electrons. The zero-order valence-corrected chi connectivity index (χ0v) is 17.2. The van der Waals surface area contributed by atoms with Crippen LogP contribution in [0, 0.1) is 11.8 Å². The monoisotopic (exact) mass is 394 g/mol. The van der Waals surface area contributed by atoms with Crippen molar-refractivity contribution in [3.8, 4) is 0 Å². The third-order valence-corrected chi connectivity index (χ3v) is 5.57. The van der Waals surface area contributed by atoms with Crippen LogP contribution in [-0.2, 0) is 0 Å². The number of hydrogen-bond acceptors (Lipinski definition) is 4. The van der Waals surface area contributed by atoms with Crippen LogP contribution in [0.3, 0.4) is 0 Å². The molecular weight excluding hydrogens is 367 g/mol. The summed E-state index contributed by atoms with van der Waals surface area (Å²) in [6, 6.07) is 13.5. The second-order valence-corrected chi connectivity index (χ2v) is 7.56. The first-order chi connectivity index (χ1) is 11.6. The summed E-state index contributed by atoms with van der Waals surface area (Å²) in [4.78, 5) is 14.3. The van der Waals surface area contributed by atoms with Crippen molar-refractivity contribution in [2.24, 2.45) is 11.8 Å². The first-order valence-electron chi connectivity index (χ1n) is 8.96. The van der Waals surface area contributed by atoms with Crippen molar-refractivity contribution in [3.05, 3.63) is 53.9 Å². The maximum Gasteiger partial charge on any atom is 0.225 e. The van der Waals surface area contributed by atoms with Gasteiger partial charge in [0.1, 0.15) is 0 Å². The third-order valence-electron chi connectivity index (χ3n) is 5.57. The molecule has 4 rings (SSSR count). The second-order valence-electron chi connectivity index (χ2n) is 7.56. The van der Waals surface area contributed by atoms with Gasteiger partial charge < -0.3 is 4.90 Å². The molecule has 2 aromatic rings. The summed E-state index contributed by atoms with van der Waals surface area (Å²) in [5, 5.41) is 0. The lowest BCUT2D eigenvalue weighted by molar-refractivity contribution is 0.279. The highest BCUT2D eigenvalue weighted by Crippen LogP contribution is 2.44. The number of aromatic nitrogens is 2. The fourth-order valence-electron chi connectivity index (χ4n) is 4.41. The summed E-state index contributed by atoms with van der Waals surface area (Å²) < 4.78 is 0. The minimum absolute atomic E-state index is 0. The van der Waals surface area contributed by atoms with Crippen LogP contribution in [0.15, 0.2) is 42.6 Å². The maximum atomic E-state index is 4.80. The molecule has 3 heterocycles. The van der Waals surface area contributed by atoms with E-state index in [9.17, 15) is 0 Å². The van der Waals surface area contributed by atoms with Gasteiger partial charge in [-0.1, -0.05) is 44.2 Å². The number of likely N-dealkylation sites (tertiary alicyclic amines) is 1. The fraction of sp³-hybridized carbons (Fsp3) is 0.500. The lowest BCUT2D eigenvalue weighted by Crippen LogP contribution is -2.30. The number of halogens is 2. The van der Waals surface area contributed by atoms with Gasteiger partial charge in [-0.05, 0) is 30.5 Å². The highest BCUT2D eigenvalue weighted by molar-refractivity contribution is 5.85. The van der Waals surface area contributed by atoms with Crippen molar-refractivity contribution in [2.45, 2.75) is 25.8 Å². The molecule has 26 heavy (non-hydrogen) atoms. The number of benzene rings is 1. The molecule has 2 aliphatic heterocycles. The van der Waals surface area contributed by atoms with E-state index in [-0.39, 0.29) is 24.8 Å². The van der Waals surface area contributed by atoms with Crippen LogP contribution in [0.2, 0.25) is 0 Å². The van der Waals surface area contributed by atoms with Gasteiger partial charge in [-0.25, -0.2) is 9.97 Å². The number of fused-ring (bicyclic) bond motifs is 1. The van der Waals surface area contributed by atoms with E-state index in [0.29, 0.717) is 23.8 Å². The molecule has 3 atom stereocenters. The zero-order chi connectivity index (χ0) is 16.7. The van der Waals surface area contributed by atoms with Crippen LogP contribution in [0.5, 0.6) is 0 Å². The summed E-state index contributed by atoms with van der Waals surface area (Å²) in [6.07, 6.45) is 1.91. The van der Waals surface area contributed by atoms with Crippen LogP contribution in [0.4, 0.5) is 5.95 Å². The van der Waals surface area contributed by atoms with Crippen molar-refractivity contribution < 1.29 is 0 Å². The van der Waals surface area contributed by atoms with Crippen molar-refractivity contribution in [2.75, 3.05) is 31.6 Å². The van der Waals surface area contributed by atoms with E-state index < -0.39 is 0 Å². The molecule has 6 heteroatoms. The van der Waals surface area contributed by atoms with Gasteiger partial charge in [-0.15, -0.1) is 24.8 Å². The number of nitrogens with zero attached hydrogens (tertiary/aromatic N) is 4. The van der Waals surface area contributed by atoms with Crippen LogP contribution < -0.4 is 4.90 Å². The molecule has 0 amide bonds. The summed E-state index contributed by atoms with van der Waals surface area (Å²) >= 11 is 0. The number of anilines is 1. The van der Waals surface area contributed by atoms with Crippen LogP contribution in [0.25, 0.3) is 0 Å². The Kier molecular flexibility index (Phi) is 6.89. The van der Waals surface area contributed by atoms with Crippen LogP contribution in [-0.4, -0.2) is 41.5 Å². The highest BCUT2D eigenvalue weighted by atomic mass is 35.5. The Labute approximate surface area is 168 Å². The fourth-order valence-corrected chi connectivity index (χ4v) is 4.41. The van der Waals surface area contributed by atoms with Gasteiger partial charge in [0.2, 0.25) is 5.95 Å². The minimum Gasteiger partial charge on any atom is -0.340 e. The molecule has 0 unspecified atom stereocenters. The predicted octanol–water partition coefficient (Wildman–Crippen LogP) is 4.18. The average Bonchev–Trinajstić information content (AvgIpc) is 3.12. The molecule has 2 fully saturated rings. The molecule has 1 aromatic heterocycles. The highest BCUT2D eigenvalue weighted by Gasteiger charge is 2.46. The molecule has 142 valence electrons. The summed E-state index contributed by atoms with van der Waals surface area (Å²) in [6.45, 7) is 7.65. The average molecular weight is 395 g/mol. The molecule has 2 saturated heterocycles. The molecule has 0 saturated carbocycles. The molecule has 0 bridgehead atoms. The van der Waals surface area contributed by atoms with E-state index in [4.69, 9.17) is 4.98 Å². The molecule has 4 nitrogen and oxygen atoms in total. The van der Waals surface area contributed by atoms with E-state index in [1.54, 1.807) is 0 Å². The smallest absolute Gasteiger partial charge is 0.225 e. The van der Waals surface area contributed by atoms with Crippen molar-refractivity contribution in [3.63, 3.8) is 0 Å². The van der Waals surface area contributed by atoms with E-state index in [1.165, 1.54) is 5.56 Å². The number of hydrogen-bond donors (Lipinski definition) is 0. The second kappa shape index (κ2) is 8.55. The molecular formula is C20H28Cl2N4. The van der Waals surface area contributed by atoms with Gasteiger partial charge in [-0.3, -0.25) is 4.90 Å². The third kappa shape index (κ3) is 3.83. The standard InChI is InChI=1S/C20H26N4.2ClH/c1-14(2)18-9-10-21-20(22-18)24-12-16-11-23(3)19(17(16)13-24)15-7-5-4-6-8-15;;/h4-10,14,16-17,19H,11-13H2,1-3H3;2*1H/t16-,17+,19-;;/m0../s1. The van der Waals surface area contributed by atoms with Gasteiger partial charge in [0.05, 0.1) is 0 Å². The molecule has 0 aliphatic carbocycles. The lowest BCUT2D eigenvalue weighted by Gasteiger charge is -2.27. The van der Waals surface area contributed by atoms with E-state index in [1.807, 2.05) is 12.3 Å². The van der Waals surface area contributed by atoms with Crippen molar-refractivity contribution in [1.29, 1.82) is 0 Å². The van der Waals surface area contributed by atoms with E-state index >= 15 is 0 Å². The lowest BCUT2D eigenvalue weighted by atomic mass is 9.90.